The largest absolute Gasteiger partial charge is 0.326 e. The van der Waals surface area contributed by atoms with Crippen molar-refractivity contribution in [3.8, 4) is 0 Å². The van der Waals surface area contributed by atoms with Crippen LogP contribution < -0.4 is 11.1 Å². The molecule has 21 heavy (non-hydrogen) atoms. The van der Waals surface area contributed by atoms with Crippen LogP contribution in [0.25, 0.3) is 0 Å². The van der Waals surface area contributed by atoms with Gasteiger partial charge in [-0.05, 0) is 51.7 Å². The topological polar surface area (TPSA) is 55.1 Å². The average Bonchev–Trinajstić information content (AvgIpc) is 2.45. The maximum absolute atomic E-state index is 13.4. The Morgan fingerprint density at radius 1 is 1.29 bits per heavy atom. The van der Waals surface area contributed by atoms with Crippen LogP contribution in [0.3, 0.4) is 0 Å². The van der Waals surface area contributed by atoms with Crippen LogP contribution in [-0.2, 0) is 17.8 Å². The SMILES string of the molecule is Cc1cc(F)c(Br)cc1NC(=O)Cc1ccccc1CN. The summed E-state index contributed by atoms with van der Waals surface area (Å²) >= 11 is 3.12. The predicted molar refractivity (Wildman–Crippen MR) is 85.5 cm³/mol. The van der Waals surface area contributed by atoms with Gasteiger partial charge >= 0.3 is 0 Å². The lowest BCUT2D eigenvalue weighted by Gasteiger charge is -2.11. The molecule has 5 heteroatoms. The summed E-state index contributed by atoms with van der Waals surface area (Å²) in [5.41, 5.74) is 8.78. The van der Waals surface area contributed by atoms with Gasteiger partial charge in [-0.25, -0.2) is 4.39 Å². The third-order valence-electron chi connectivity index (χ3n) is 3.23. The summed E-state index contributed by atoms with van der Waals surface area (Å²) in [4.78, 5) is 12.1. The molecule has 0 aliphatic rings. The lowest BCUT2D eigenvalue weighted by atomic mass is 10.0. The first kappa shape index (κ1) is 15.7. The quantitative estimate of drug-likeness (QED) is 0.885. The third kappa shape index (κ3) is 3.89. The molecule has 0 radical (unpaired) electrons. The van der Waals surface area contributed by atoms with Gasteiger partial charge in [0, 0.05) is 12.2 Å². The zero-order valence-electron chi connectivity index (χ0n) is 11.6. The number of rotatable bonds is 4. The van der Waals surface area contributed by atoms with Gasteiger partial charge in [-0.15, -0.1) is 0 Å². The Morgan fingerprint density at radius 2 is 1.95 bits per heavy atom. The van der Waals surface area contributed by atoms with Crippen molar-refractivity contribution in [1.29, 1.82) is 0 Å². The van der Waals surface area contributed by atoms with E-state index in [2.05, 4.69) is 21.2 Å². The highest BCUT2D eigenvalue weighted by molar-refractivity contribution is 9.10. The monoisotopic (exact) mass is 350 g/mol. The van der Waals surface area contributed by atoms with Gasteiger partial charge in [0.2, 0.25) is 5.91 Å². The number of aryl methyl sites for hydroxylation is 1. The van der Waals surface area contributed by atoms with Crippen molar-refractivity contribution in [2.24, 2.45) is 5.73 Å². The molecule has 110 valence electrons. The highest BCUT2D eigenvalue weighted by Crippen LogP contribution is 2.24. The van der Waals surface area contributed by atoms with E-state index in [1.54, 1.807) is 13.0 Å². The first-order valence-electron chi connectivity index (χ1n) is 6.53. The summed E-state index contributed by atoms with van der Waals surface area (Å²) in [6, 6.07) is 10.5. The zero-order chi connectivity index (χ0) is 15.4. The second kappa shape index (κ2) is 6.83. The van der Waals surface area contributed by atoms with Gasteiger partial charge in [0.15, 0.2) is 0 Å². The van der Waals surface area contributed by atoms with Crippen LogP contribution >= 0.6 is 15.9 Å². The number of nitrogens with one attached hydrogen (secondary N) is 1. The molecule has 3 N–H and O–H groups in total. The molecule has 0 aliphatic heterocycles. The van der Waals surface area contributed by atoms with Crippen LogP contribution in [0.15, 0.2) is 40.9 Å². The molecule has 0 atom stereocenters. The molecule has 2 aromatic carbocycles. The molecule has 1 amide bonds. The fraction of sp³-hybridized carbons (Fsp3) is 0.188. The Balaban J connectivity index is 2.14. The Morgan fingerprint density at radius 3 is 2.62 bits per heavy atom. The number of amides is 1. The number of hydrogen-bond donors (Lipinski definition) is 2. The Kier molecular flexibility index (Phi) is 5.09. The number of carbonyl (C=O) groups excluding carboxylic acids is 1. The minimum absolute atomic E-state index is 0.155. The molecule has 2 rings (SSSR count). The molecule has 3 nitrogen and oxygen atoms in total. The summed E-state index contributed by atoms with van der Waals surface area (Å²) in [6.45, 7) is 2.14. The van der Waals surface area contributed by atoms with E-state index >= 15 is 0 Å². The van der Waals surface area contributed by atoms with Gasteiger partial charge in [0.25, 0.3) is 0 Å². The standard InChI is InChI=1S/C16H16BrFN2O/c1-10-6-14(18)13(17)8-15(10)20-16(21)7-11-4-2-3-5-12(11)9-19/h2-6,8H,7,9,19H2,1H3,(H,20,21). The van der Waals surface area contributed by atoms with Crippen LogP contribution in [0.5, 0.6) is 0 Å². The van der Waals surface area contributed by atoms with Crippen molar-refractivity contribution in [1.82, 2.24) is 0 Å². The van der Waals surface area contributed by atoms with Gasteiger partial charge in [0.1, 0.15) is 5.82 Å². The second-order valence-corrected chi connectivity index (χ2v) is 5.63. The molecule has 0 aliphatic carbocycles. The summed E-state index contributed by atoms with van der Waals surface area (Å²) in [5, 5.41) is 2.80. The number of benzene rings is 2. The molecule has 0 unspecified atom stereocenters. The van der Waals surface area contributed by atoms with Crippen molar-refractivity contribution in [3.05, 3.63) is 63.4 Å². The minimum Gasteiger partial charge on any atom is -0.326 e. The lowest BCUT2D eigenvalue weighted by molar-refractivity contribution is -0.115. The van der Waals surface area contributed by atoms with Crippen molar-refractivity contribution in [3.63, 3.8) is 0 Å². The minimum atomic E-state index is -0.348. The molecule has 2 aromatic rings. The zero-order valence-corrected chi connectivity index (χ0v) is 13.2. The van der Waals surface area contributed by atoms with Crippen LogP contribution in [0, 0.1) is 12.7 Å². The molecule has 0 saturated carbocycles. The van der Waals surface area contributed by atoms with E-state index in [1.807, 2.05) is 24.3 Å². The van der Waals surface area contributed by atoms with E-state index in [9.17, 15) is 9.18 Å². The molecule has 0 bridgehead atoms. The number of carbonyl (C=O) groups is 1. The van der Waals surface area contributed by atoms with Crippen LogP contribution in [-0.4, -0.2) is 5.91 Å². The summed E-state index contributed by atoms with van der Waals surface area (Å²) in [5.74, 6) is -0.503. The molecular formula is C16H16BrFN2O. The smallest absolute Gasteiger partial charge is 0.228 e. The fourth-order valence-corrected chi connectivity index (χ4v) is 2.42. The molecule has 0 spiro atoms. The van der Waals surface area contributed by atoms with Gasteiger partial charge in [-0.3, -0.25) is 4.79 Å². The maximum atomic E-state index is 13.4. The van der Waals surface area contributed by atoms with E-state index in [1.165, 1.54) is 6.07 Å². The predicted octanol–water partition coefficient (Wildman–Crippen LogP) is 3.54. The van der Waals surface area contributed by atoms with Gasteiger partial charge in [0.05, 0.1) is 10.9 Å². The van der Waals surface area contributed by atoms with Crippen LogP contribution in [0.1, 0.15) is 16.7 Å². The number of nitrogens with two attached hydrogens (primary N) is 1. The van der Waals surface area contributed by atoms with Gasteiger partial charge in [-0.1, -0.05) is 24.3 Å². The number of anilines is 1. The first-order chi connectivity index (χ1) is 10.0. The van der Waals surface area contributed by atoms with Crippen molar-refractivity contribution >= 4 is 27.5 Å². The van der Waals surface area contributed by atoms with Crippen molar-refractivity contribution in [2.75, 3.05) is 5.32 Å². The molecule has 0 saturated heterocycles. The average molecular weight is 351 g/mol. The summed E-state index contributed by atoms with van der Waals surface area (Å²) in [6.07, 6.45) is 0.238. The van der Waals surface area contributed by atoms with Gasteiger partial charge in [-0.2, -0.15) is 0 Å². The molecule has 0 heterocycles. The van der Waals surface area contributed by atoms with E-state index < -0.39 is 0 Å². The second-order valence-electron chi connectivity index (χ2n) is 4.78. The molecule has 0 aromatic heterocycles. The summed E-state index contributed by atoms with van der Waals surface area (Å²) < 4.78 is 13.7. The Labute approximate surface area is 131 Å². The number of halogens is 2. The van der Waals surface area contributed by atoms with Crippen LogP contribution in [0.2, 0.25) is 0 Å². The maximum Gasteiger partial charge on any atom is 0.228 e. The molecule has 0 fully saturated rings. The highest BCUT2D eigenvalue weighted by Gasteiger charge is 2.10. The normalized spacial score (nSPS) is 10.5. The van der Waals surface area contributed by atoms with Crippen LogP contribution in [0.4, 0.5) is 10.1 Å². The Hall–Kier alpha value is -1.72. The van der Waals surface area contributed by atoms with E-state index in [-0.39, 0.29) is 18.1 Å². The fourth-order valence-electron chi connectivity index (χ4n) is 2.08. The summed E-state index contributed by atoms with van der Waals surface area (Å²) in [7, 11) is 0. The van der Waals surface area contributed by atoms with E-state index in [0.717, 1.165) is 11.1 Å². The van der Waals surface area contributed by atoms with Gasteiger partial charge < -0.3 is 11.1 Å². The Bertz CT molecular complexity index is 673. The highest BCUT2D eigenvalue weighted by atomic mass is 79.9. The van der Waals surface area contributed by atoms with E-state index in [4.69, 9.17) is 5.73 Å². The van der Waals surface area contributed by atoms with Crippen molar-refractivity contribution < 1.29 is 9.18 Å². The third-order valence-corrected chi connectivity index (χ3v) is 3.84. The van der Waals surface area contributed by atoms with E-state index in [0.29, 0.717) is 22.3 Å². The first-order valence-corrected chi connectivity index (χ1v) is 7.33. The lowest BCUT2D eigenvalue weighted by Crippen LogP contribution is -2.17. The molecular weight excluding hydrogens is 335 g/mol. The number of hydrogen-bond acceptors (Lipinski definition) is 2. The van der Waals surface area contributed by atoms with Crippen molar-refractivity contribution in [2.45, 2.75) is 19.9 Å².